The van der Waals surface area contributed by atoms with Gasteiger partial charge < -0.3 is 10.1 Å². The Hall–Kier alpha value is -1.39. The molecule has 2 rings (SSSR count). The van der Waals surface area contributed by atoms with Gasteiger partial charge in [-0.1, -0.05) is 12.1 Å². The summed E-state index contributed by atoms with van der Waals surface area (Å²) in [7, 11) is 3.71. The Morgan fingerprint density at radius 1 is 1.37 bits per heavy atom. The molecule has 0 saturated carbocycles. The van der Waals surface area contributed by atoms with Crippen LogP contribution < -0.4 is 10.1 Å². The van der Waals surface area contributed by atoms with Gasteiger partial charge in [0, 0.05) is 17.8 Å². The van der Waals surface area contributed by atoms with Crippen LogP contribution in [0.4, 0.5) is 0 Å². The van der Waals surface area contributed by atoms with Crippen LogP contribution in [-0.2, 0) is 12.8 Å². The van der Waals surface area contributed by atoms with Gasteiger partial charge in [0.2, 0.25) is 0 Å². The van der Waals surface area contributed by atoms with Crippen molar-refractivity contribution < 1.29 is 4.74 Å². The Morgan fingerprint density at radius 2 is 2.21 bits per heavy atom. The summed E-state index contributed by atoms with van der Waals surface area (Å²) in [6.45, 7) is 2.05. The fourth-order valence-corrected chi connectivity index (χ4v) is 2.74. The lowest BCUT2D eigenvalue weighted by atomic mass is 10.0. The highest BCUT2D eigenvalue weighted by Crippen LogP contribution is 2.16. The van der Waals surface area contributed by atoms with Crippen molar-refractivity contribution >= 4 is 11.3 Å². The van der Waals surface area contributed by atoms with E-state index in [9.17, 15) is 0 Å². The van der Waals surface area contributed by atoms with Crippen molar-refractivity contribution in [3.63, 3.8) is 0 Å². The maximum atomic E-state index is 5.26. The average Bonchev–Trinajstić information content (AvgIpc) is 2.83. The Balaban J connectivity index is 2.01. The second-order valence-electron chi connectivity index (χ2n) is 4.60. The van der Waals surface area contributed by atoms with Crippen molar-refractivity contribution in [2.24, 2.45) is 0 Å². The summed E-state index contributed by atoms with van der Waals surface area (Å²) in [5, 5.41) is 6.64. The van der Waals surface area contributed by atoms with E-state index in [1.54, 1.807) is 18.4 Å². The molecule has 2 aromatic rings. The highest BCUT2D eigenvalue weighted by Gasteiger charge is 2.11. The van der Waals surface area contributed by atoms with Crippen LogP contribution >= 0.6 is 11.3 Å². The van der Waals surface area contributed by atoms with Crippen LogP contribution in [0.3, 0.4) is 0 Å². The van der Waals surface area contributed by atoms with Gasteiger partial charge in [0.1, 0.15) is 5.75 Å². The first-order valence-electron chi connectivity index (χ1n) is 6.42. The maximum absolute atomic E-state index is 5.26. The first-order chi connectivity index (χ1) is 9.21. The summed E-state index contributed by atoms with van der Waals surface area (Å²) in [6.07, 6.45) is 1.93. The molecular formula is C15H20N2OS. The minimum absolute atomic E-state index is 0.397. The smallest absolute Gasteiger partial charge is 0.119 e. The van der Waals surface area contributed by atoms with Gasteiger partial charge in [-0.3, -0.25) is 0 Å². The van der Waals surface area contributed by atoms with E-state index in [-0.39, 0.29) is 0 Å². The fourth-order valence-electron chi connectivity index (χ4n) is 2.11. The topological polar surface area (TPSA) is 34.1 Å². The molecule has 1 atom stereocenters. The predicted molar refractivity (Wildman–Crippen MR) is 80.1 cm³/mol. The van der Waals surface area contributed by atoms with Crippen LogP contribution in [0.2, 0.25) is 0 Å². The van der Waals surface area contributed by atoms with Crippen LogP contribution in [0.1, 0.15) is 16.3 Å². The number of methoxy groups -OCH3 is 1. The van der Waals surface area contributed by atoms with Crippen LogP contribution in [-0.4, -0.2) is 25.2 Å². The third-order valence-corrected chi connectivity index (χ3v) is 3.97. The van der Waals surface area contributed by atoms with Crippen LogP contribution in [0, 0.1) is 6.92 Å². The number of aromatic nitrogens is 1. The normalized spacial score (nSPS) is 12.4. The highest BCUT2D eigenvalue weighted by molar-refractivity contribution is 7.09. The molecule has 1 aromatic heterocycles. The van der Waals surface area contributed by atoms with Crippen molar-refractivity contribution in [1.29, 1.82) is 0 Å². The molecule has 3 nitrogen and oxygen atoms in total. The van der Waals surface area contributed by atoms with Crippen molar-refractivity contribution in [2.45, 2.75) is 25.8 Å². The number of aryl methyl sites for hydroxylation is 1. The molecule has 0 amide bonds. The molecule has 1 unspecified atom stereocenters. The molecule has 0 fully saturated rings. The number of thiazole rings is 1. The maximum Gasteiger partial charge on any atom is 0.119 e. The molecule has 1 aromatic carbocycles. The molecule has 0 radical (unpaired) electrons. The largest absolute Gasteiger partial charge is 0.497 e. The lowest BCUT2D eigenvalue weighted by Crippen LogP contribution is -2.30. The second-order valence-corrected chi connectivity index (χ2v) is 5.67. The summed E-state index contributed by atoms with van der Waals surface area (Å²) in [5.41, 5.74) is 2.45. The number of ether oxygens (including phenoxy) is 1. The Labute approximate surface area is 118 Å². The van der Waals surface area contributed by atoms with Gasteiger partial charge in [0.15, 0.2) is 0 Å². The van der Waals surface area contributed by atoms with Crippen molar-refractivity contribution in [1.82, 2.24) is 10.3 Å². The molecule has 0 spiro atoms. The van der Waals surface area contributed by atoms with Crippen LogP contribution in [0.25, 0.3) is 0 Å². The van der Waals surface area contributed by atoms with Gasteiger partial charge in [-0.2, -0.15) is 0 Å². The second kappa shape index (κ2) is 6.68. The monoisotopic (exact) mass is 276 g/mol. The Bertz CT molecular complexity index is 524. The SMILES string of the molecule is CNC(Cc1cccc(OC)c1)Cc1csc(C)n1. The van der Waals surface area contributed by atoms with E-state index in [4.69, 9.17) is 4.74 Å². The van der Waals surface area contributed by atoms with E-state index in [1.165, 1.54) is 11.3 Å². The van der Waals surface area contributed by atoms with Gasteiger partial charge in [0.25, 0.3) is 0 Å². The number of nitrogens with one attached hydrogen (secondary N) is 1. The van der Waals surface area contributed by atoms with Gasteiger partial charge in [-0.15, -0.1) is 11.3 Å². The van der Waals surface area contributed by atoms with E-state index in [0.717, 1.165) is 23.6 Å². The summed E-state index contributed by atoms with van der Waals surface area (Å²) < 4.78 is 5.26. The molecule has 102 valence electrons. The third kappa shape index (κ3) is 4.04. The molecule has 0 saturated heterocycles. The van der Waals surface area contributed by atoms with Crippen molar-refractivity contribution in [3.8, 4) is 5.75 Å². The zero-order valence-electron chi connectivity index (χ0n) is 11.6. The summed E-state index contributed by atoms with van der Waals surface area (Å²) in [4.78, 5) is 4.53. The molecule has 1 N–H and O–H groups in total. The zero-order valence-corrected chi connectivity index (χ0v) is 12.5. The standard InChI is InChI=1S/C15H20N2OS/c1-11-17-14(10-19-11)9-13(16-2)7-12-5-4-6-15(8-12)18-3/h4-6,8,10,13,16H,7,9H2,1-3H3. The van der Waals surface area contributed by atoms with Gasteiger partial charge in [0.05, 0.1) is 17.8 Å². The third-order valence-electron chi connectivity index (χ3n) is 3.15. The molecule has 0 aliphatic heterocycles. The van der Waals surface area contributed by atoms with E-state index in [1.807, 2.05) is 26.1 Å². The minimum Gasteiger partial charge on any atom is -0.497 e. The number of nitrogens with zero attached hydrogens (tertiary/aromatic N) is 1. The molecular weight excluding hydrogens is 256 g/mol. The predicted octanol–water partition coefficient (Wildman–Crippen LogP) is 2.83. The van der Waals surface area contributed by atoms with Crippen molar-refractivity contribution in [3.05, 3.63) is 45.9 Å². The van der Waals surface area contributed by atoms with Gasteiger partial charge in [-0.05, 0) is 38.1 Å². The lowest BCUT2D eigenvalue weighted by Gasteiger charge is -2.15. The highest BCUT2D eigenvalue weighted by atomic mass is 32.1. The fraction of sp³-hybridized carbons (Fsp3) is 0.400. The number of hydrogen-bond donors (Lipinski definition) is 1. The summed E-state index contributed by atoms with van der Waals surface area (Å²) >= 11 is 1.71. The molecule has 4 heteroatoms. The number of benzene rings is 1. The van der Waals surface area contributed by atoms with E-state index < -0.39 is 0 Å². The van der Waals surface area contributed by atoms with Gasteiger partial charge >= 0.3 is 0 Å². The average molecular weight is 276 g/mol. The number of hydrogen-bond acceptors (Lipinski definition) is 4. The Kier molecular flexibility index (Phi) is 4.93. The van der Waals surface area contributed by atoms with Gasteiger partial charge in [-0.25, -0.2) is 4.98 Å². The van der Waals surface area contributed by atoms with Crippen molar-refractivity contribution in [2.75, 3.05) is 14.2 Å². The van der Waals surface area contributed by atoms with E-state index >= 15 is 0 Å². The zero-order chi connectivity index (χ0) is 13.7. The van der Waals surface area contributed by atoms with E-state index in [0.29, 0.717) is 6.04 Å². The number of rotatable bonds is 6. The quantitative estimate of drug-likeness (QED) is 0.881. The summed E-state index contributed by atoms with van der Waals surface area (Å²) in [5.74, 6) is 0.914. The first-order valence-corrected chi connectivity index (χ1v) is 7.30. The molecule has 0 aliphatic rings. The molecule has 1 heterocycles. The van der Waals surface area contributed by atoms with E-state index in [2.05, 4.69) is 27.8 Å². The molecule has 0 bridgehead atoms. The first kappa shape index (κ1) is 14.0. The Morgan fingerprint density at radius 3 is 2.84 bits per heavy atom. The molecule has 0 aliphatic carbocycles. The van der Waals surface area contributed by atoms with Crippen LogP contribution in [0.5, 0.6) is 5.75 Å². The lowest BCUT2D eigenvalue weighted by molar-refractivity contribution is 0.414. The molecule has 19 heavy (non-hydrogen) atoms. The minimum atomic E-state index is 0.397. The summed E-state index contributed by atoms with van der Waals surface area (Å²) in [6, 6.07) is 8.64. The number of likely N-dealkylation sites (N-methyl/N-ethyl adjacent to an activating group) is 1. The van der Waals surface area contributed by atoms with Crippen LogP contribution in [0.15, 0.2) is 29.6 Å².